The van der Waals surface area contributed by atoms with Crippen LogP contribution < -0.4 is 16.0 Å². The quantitative estimate of drug-likeness (QED) is 0.414. The number of nitrogens with zero attached hydrogens (tertiary/aromatic N) is 1. The number of carbonyl (C=O) groups is 3. The number of hydrogen-bond donors (Lipinski definition) is 3. The number of aromatic nitrogens is 1. The molecule has 1 aromatic heterocycles. The largest absolute Gasteiger partial charge is 0.344 e. The van der Waals surface area contributed by atoms with Crippen molar-refractivity contribution in [1.29, 1.82) is 0 Å². The zero-order chi connectivity index (χ0) is 25.2. The SMILES string of the molecule is C[C@H](NC(=O)Cc1cc(F)cc(F)c1)C(=O)NC(=O)[C@H](Cc1ccccc1)NCc1cccnc1. The Hall–Kier alpha value is -3.98. The summed E-state index contributed by atoms with van der Waals surface area (Å²) in [4.78, 5) is 41.8. The van der Waals surface area contributed by atoms with Crippen LogP contribution in [0.1, 0.15) is 23.6 Å². The standard InChI is InChI=1S/C26H26F2N4O3/c1-17(31-24(33)13-20-10-21(27)14-22(28)11-20)25(34)32-26(35)23(12-18-6-3-2-4-7-18)30-16-19-8-5-9-29-15-19/h2-11,14-15,17,23,30H,12-13,16H2,1H3,(H,31,33)(H,32,34,35)/t17-,23-/m0/s1. The average Bonchev–Trinajstić information content (AvgIpc) is 2.82. The molecule has 9 heteroatoms. The lowest BCUT2D eigenvalue weighted by atomic mass is 10.0. The molecule has 0 aliphatic rings. The highest BCUT2D eigenvalue weighted by molar-refractivity contribution is 6.01. The molecule has 0 aliphatic carbocycles. The number of amides is 3. The van der Waals surface area contributed by atoms with Crippen LogP contribution >= 0.6 is 0 Å². The van der Waals surface area contributed by atoms with E-state index < -0.39 is 41.4 Å². The molecule has 2 aromatic carbocycles. The Bertz CT molecular complexity index is 1140. The average molecular weight is 481 g/mol. The smallest absolute Gasteiger partial charge is 0.248 e. The van der Waals surface area contributed by atoms with Crippen LogP contribution in [0.2, 0.25) is 0 Å². The summed E-state index contributed by atoms with van der Waals surface area (Å²) in [6.45, 7) is 1.78. The molecule has 182 valence electrons. The van der Waals surface area contributed by atoms with Crippen molar-refractivity contribution in [2.75, 3.05) is 0 Å². The van der Waals surface area contributed by atoms with Gasteiger partial charge in [0.05, 0.1) is 12.5 Å². The first-order valence-electron chi connectivity index (χ1n) is 11.1. The van der Waals surface area contributed by atoms with Crippen LogP contribution in [0.3, 0.4) is 0 Å². The van der Waals surface area contributed by atoms with Crippen LogP contribution in [0.5, 0.6) is 0 Å². The van der Waals surface area contributed by atoms with Crippen molar-refractivity contribution in [1.82, 2.24) is 20.9 Å². The minimum atomic E-state index is -1.04. The van der Waals surface area contributed by atoms with E-state index >= 15 is 0 Å². The number of rotatable bonds is 10. The van der Waals surface area contributed by atoms with E-state index in [9.17, 15) is 23.2 Å². The number of pyridine rings is 1. The Morgan fingerprint density at radius 2 is 1.57 bits per heavy atom. The second kappa shape index (κ2) is 12.5. The predicted octanol–water partition coefficient (Wildman–Crippen LogP) is 2.45. The molecule has 3 aromatic rings. The van der Waals surface area contributed by atoms with Gasteiger partial charge in [-0.25, -0.2) is 8.78 Å². The number of hydrogen-bond acceptors (Lipinski definition) is 5. The first kappa shape index (κ1) is 25.6. The Labute approximate surface area is 202 Å². The van der Waals surface area contributed by atoms with E-state index in [-0.39, 0.29) is 12.0 Å². The van der Waals surface area contributed by atoms with Crippen molar-refractivity contribution in [2.24, 2.45) is 0 Å². The molecule has 0 aliphatic heterocycles. The van der Waals surface area contributed by atoms with E-state index in [4.69, 9.17) is 0 Å². The van der Waals surface area contributed by atoms with E-state index in [1.165, 1.54) is 6.92 Å². The molecule has 0 fully saturated rings. The van der Waals surface area contributed by atoms with Crippen LogP contribution in [0.25, 0.3) is 0 Å². The fourth-order valence-electron chi connectivity index (χ4n) is 3.42. The third-order valence-electron chi connectivity index (χ3n) is 5.18. The second-order valence-corrected chi connectivity index (χ2v) is 8.08. The molecule has 35 heavy (non-hydrogen) atoms. The lowest BCUT2D eigenvalue weighted by Crippen LogP contribution is -2.52. The van der Waals surface area contributed by atoms with Crippen molar-refractivity contribution < 1.29 is 23.2 Å². The van der Waals surface area contributed by atoms with Gasteiger partial charge in [0.1, 0.15) is 17.7 Å². The highest BCUT2D eigenvalue weighted by atomic mass is 19.1. The molecule has 7 nitrogen and oxygen atoms in total. The Morgan fingerprint density at radius 3 is 2.23 bits per heavy atom. The van der Waals surface area contributed by atoms with Crippen LogP contribution in [0, 0.1) is 11.6 Å². The van der Waals surface area contributed by atoms with Gasteiger partial charge in [0.25, 0.3) is 0 Å². The van der Waals surface area contributed by atoms with E-state index in [1.54, 1.807) is 18.5 Å². The summed E-state index contributed by atoms with van der Waals surface area (Å²) >= 11 is 0. The maximum atomic E-state index is 13.3. The van der Waals surface area contributed by atoms with Crippen molar-refractivity contribution in [2.45, 2.75) is 38.4 Å². The molecule has 0 radical (unpaired) electrons. The van der Waals surface area contributed by atoms with Gasteiger partial charge in [-0.3, -0.25) is 24.7 Å². The third kappa shape index (κ3) is 8.38. The summed E-state index contributed by atoms with van der Waals surface area (Å²) in [5.74, 6) is -3.45. The van der Waals surface area contributed by atoms with Gasteiger partial charge in [-0.05, 0) is 48.2 Å². The molecule has 0 saturated heterocycles. The number of carbonyl (C=O) groups excluding carboxylic acids is 3. The first-order chi connectivity index (χ1) is 16.8. The highest BCUT2D eigenvalue weighted by Crippen LogP contribution is 2.09. The maximum Gasteiger partial charge on any atom is 0.248 e. The summed E-state index contributed by atoms with van der Waals surface area (Å²) in [7, 11) is 0. The fourth-order valence-corrected chi connectivity index (χ4v) is 3.42. The topological polar surface area (TPSA) is 100 Å². The van der Waals surface area contributed by atoms with Gasteiger partial charge in [0, 0.05) is 25.0 Å². The van der Waals surface area contributed by atoms with Crippen LogP contribution in [0.4, 0.5) is 8.78 Å². The molecule has 0 unspecified atom stereocenters. The van der Waals surface area contributed by atoms with Crippen molar-refractivity contribution in [3.05, 3.63) is 101 Å². The zero-order valence-electron chi connectivity index (χ0n) is 19.1. The Morgan fingerprint density at radius 1 is 0.886 bits per heavy atom. The van der Waals surface area contributed by atoms with Crippen LogP contribution in [0.15, 0.2) is 73.1 Å². The molecular weight excluding hydrogens is 454 g/mol. The molecule has 0 saturated carbocycles. The first-order valence-corrected chi connectivity index (χ1v) is 11.1. The zero-order valence-corrected chi connectivity index (χ0v) is 19.1. The highest BCUT2D eigenvalue weighted by Gasteiger charge is 2.24. The van der Waals surface area contributed by atoms with E-state index in [0.717, 1.165) is 23.3 Å². The molecule has 3 rings (SSSR count). The van der Waals surface area contributed by atoms with Crippen molar-refractivity contribution >= 4 is 17.7 Å². The summed E-state index contributed by atoms with van der Waals surface area (Å²) in [5, 5.41) is 7.93. The van der Waals surface area contributed by atoms with E-state index in [1.807, 2.05) is 36.4 Å². The summed E-state index contributed by atoms with van der Waals surface area (Å²) in [6, 6.07) is 14.0. The molecule has 3 N–H and O–H groups in total. The van der Waals surface area contributed by atoms with Gasteiger partial charge >= 0.3 is 0 Å². The number of halogens is 2. The lowest BCUT2D eigenvalue weighted by Gasteiger charge is -2.20. The Balaban J connectivity index is 1.59. The van der Waals surface area contributed by atoms with Gasteiger partial charge in [-0.2, -0.15) is 0 Å². The summed E-state index contributed by atoms with van der Waals surface area (Å²) < 4.78 is 26.7. The molecule has 3 amide bonds. The maximum absolute atomic E-state index is 13.3. The predicted molar refractivity (Wildman–Crippen MR) is 126 cm³/mol. The monoisotopic (exact) mass is 480 g/mol. The molecular formula is C26H26F2N4O3. The summed E-state index contributed by atoms with van der Waals surface area (Å²) in [6.07, 6.45) is 3.35. The fraction of sp³-hybridized carbons (Fsp3) is 0.231. The van der Waals surface area contributed by atoms with Gasteiger partial charge in [0.2, 0.25) is 17.7 Å². The normalized spacial score (nSPS) is 12.4. The van der Waals surface area contributed by atoms with Gasteiger partial charge in [0.15, 0.2) is 0 Å². The van der Waals surface area contributed by atoms with Crippen molar-refractivity contribution in [3.8, 4) is 0 Å². The minimum Gasteiger partial charge on any atom is -0.344 e. The third-order valence-corrected chi connectivity index (χ3v) is 5.18. The minimum absolute atomic E-state index is 0.131. The molecule has 2 atom stereocenters. The summed E-state index contributed by atoms with van der Waals surface area (Å²) in [5.41, 5.74) is 1.91. The second-order valence-electron chi connectivity index (χ2n) is 8.08. The Kier molecular flexibility index (Phi) is 9.14. The van der Waals surface area contributed by atoms with Gasteiger partial charge in [-0.15, -0.1) is 0 Å². The number of benzene rings is 2. The van der Waals surface area contributed by atoms with E-state index in [0.29, 0.717) is 19.0 Å². The van der Waals surface area contributed by atoms with E-state index in [2.05, 4.69) is 20.9 Å². The van der Waals surface area contributed by atoms with Gasteiger partial charge < -0.3 is 10.6 Å². The lowest BCUT2D eigenvalue weighted by molar-refractivity contribution is -0.134. The van der Waals surface area contributed by atoms with Crippen molar-refractivity contribution in [3.63, 3.8) is 0 Å². The van der Waals surface area contributed by atoms with Gasteiger partial charge in [-0.1, -0.05) is 36.4 Å². The molecule has 1 heterocycles. The molecule has 0 bridgehead atoms. The van der Waals surface area contributed by atoms with Crippen LogP contribution in [-0.2, 0) is 33.8 Å². The number of nitrogens with one attached hydrogen (secondary N) is 3. The number of imide groups is 1. The molecule has 0 spiro atoms. The van der Waals surface area contributed by atoms with Crippen LogP contribution in [-0.4, -0.2) is 34.8 Å².